The minimum absolute atomic E-state index is 0.366. The van der Waals surface area contributed by atoms with Crippen molar-refractivity contribution in [1.82, 2.24) is 10.0 Å². The van der Waals surface area contributed by atoms with Crippen LogP contribution in [0.1, 0.15) is 5.76 Å². The van der Waals surface area contributed by atoms with Crippen LogP contribution >= 0.6 is 0 Å². The first kappa shape index (κ1) is 14.8. The highest BCUT2D eigenvalue weighted by Gasteiger charge is 2.04. The van der Waals surface area contributed by atoms with Crippen LogP contribution in [0.5, 0.6) is 0 Å². The molecule has 0 bridgehead atoms. The Labute approximate surface area is 119 Å². The molecule has 0 saturated heterocycles. The molecule has 0 aliphatic rings. The van der Waals surface area contributed by atoms with E-state index in [2.05, 4.69) is 10.0 Å². The number of hydrogen-bond donors (Lipinski definition) is 2. The molecule has 108 valence electrons. The molecule has 0 fully saturated rings. The Hall–Kier alpha value is -1.63. The van der Waals surface area contributed by atoms with Gasteiger partial charge in [0.05, 0.1) is 12.8 Å². The van der Waals surface area contributed by atoms with Crippen LogP contribution in [0, 0.1) is 0 Å². The van der Waals surface area contributed by atoms with Crippen molar-refractivity contribution in [2.24, 2.45) is 0 Å². The first-order valence-corrected chi connectivity index (χ1v) is 8.23. The van der Waals surface area contributed by atoms with E-state index in [0.29, 0.717) is 19.6 Å². The molecule has 0 saturated carbocycles. The van der Waals surface area contributed by atoms with Gasteiger partial charge in [0.15, 0.2) is 0 Å². The number of benzene rings is 1. The van der Waals surface area contributed by atoms with Crippen LogP contribution in [0.25, 0.3) is 11.3 Å². The lowest BCUT2D eigenvalue weighted by Crippen LogP contribution is -2.30. The van der Waals surface area contributed by atoms with Crippen LogP contribution in [-0.4, -0.2) is 27.8 Å². The van der Waals surface area contributed by atoms with Crippen LogP contribution in [0.2, 0.25) is 0 Å². The fraction of sp³-hybridized carbons (Fsp3) is 0.286. The Kier molecular flexibility index (Phi) is 4.94. The second-order valence-corrected chi connectivity index (χ2v) is 6.31. The molecule has 0 atom stereocenters. The molecule has 5 nitrogen and oxygen atoms in total. The van der Waals surface area contributed by atoms with Gasteiger partial charge in [0.25, 0.3) is 0 Å². The van der Waals surface area contributed by atoms with E-state index in [1.54, 1.807) is 0 Å². The molecule has 1 aromatic carbocycles. The van der Waals surface area contributed by atoms with Crippen LogP contribution < -0.4 is 10.0 Å². The molecule has 0 aliphatic heterocycles. The van der Waals surface area contributed by atoms with Gasteiger partial charge >= 0.3 is 0 Å². The van der Waals surface area contributed by atoms with E-state index >= 15 is 0 Å². The van der Waals surface area contributed by atoms with E-state index in [-0.39, 0.29) is 0 Å². The summed E-state index contributed by atoms with van der Waals surface area (Å²) in [4.78, 5) is 0. The topological polar surface area (TPSA) is 71.3 Å². The van der Waals surface area contributed by atoms with E-state index in [1.807, 2.05) is 42.5 Å². The molecule has 2 aromatic rings. The molecule has 0 aliphatic carbocycles. The molecule has 6 heteroatoms. The summed E-state index contributed by atoms with van der Waals surface area (Å²) in [6.07, 6.45) is 1.14. The number of furan rings is 1. The van der Waals surface area contributed by atoms with Gasteiger partial charge in [-0.15, -0.1) is 0 Å². The van der Waals surface area contributed by atoms with E-state index in [4.69, 9.17) is 4.42 Å². The Bertz CT molecular complexity index is 635. The van der Waals surface area contributed by atoms with Gasteiger partial charge in [-0.1, -0.05) is 30.3 Å². The molecule has 0 spiro atoms. The van der Waals surface area contributed by atoms with Crippen molar-refractivity contribution in [2.75, 3.05) is 19.3 Å². The highest BCUT2D eigenvalue weighted by atomic mass is 32.2. The first-order valence-electron chi connectivity index (χ1n) is 6.34. The lowest BCUT2D eigenvalue weighted by Gasteiger charge is -2.03. The zero-order valence-corrected chi connectivity index (χ0v) is 12.1. The van der Waals surface area contributed by atoms with E-state index in [0.717, 1.165) is 23.3 Å². The monoisotopic (exact) mass is 294 g/mol. The summed E-state index contributed by atoms with van der Waals surface area (Å²) in [5.74, 6) is 1.65. The standard InChI is InChI=1S/C14H18N2O3S/c1-20(17,18)16-10-9-15-11-13-7-8-14(19-13)12-5-3-2-4-6-12/h2-8,15-16H,9-11H2,1H3. The summed E-state index contributed by atoms with van der Waals surface area (Å²) in [6.45, 7) is 1.48. The summed E-state index contributed by atoms with van der Waals surface area (Å²) < 4.78 is 29.9. The highest BCUT2D eigenvalue weighted by molar-refractivity contribution is 7.88. The van der Waals surface area contributed by atoms with Crippen LogP contribution in [0.15, 0.2) is 46.9 Å². The predicted molar refractivity (Wildman–Crippen MR) is 78.7 cm³/mol. The Morgan fingerprint density at radius 1 is 1.05 bits per heavy atom. The van der Waals surface area contributed by atoms with Crippen LogP contribution in [-0.2, 0) is 16.6 Å². The molecule has 0 radical (unpaired) electrons. The third kappa shape index (κ3) is 4.80. The third-order valence-electron chi connectivity index (χ3n) is 2.69. The number of hydrogen-bond acceptors (Lipinski definition) is 4. The molecule has 1 heterocycles. The highest BCUT2D eigenvalue weighted by Crippen LogP contribution is 2.21. The van der Waals surface area contributed by atoms with Gasteiger partial charge in [0, 0.05) is 18.7 Å². The normalized spacial score (nSPS) is 11.7. The van der Waals surface area contributed by atoms with Crippen LogP contribution in [0.3, 0.4) is 0 Å². The smallest absolute Gasteiger partial charge is 0.208 e. The maximum atomic E-state index is 10.9. The second kappa shape index (κ2) is 6.69. The van der Waals surface area contributed by atoms with E-state index in [1.165, 1.54) is 0 Å². The summed E-state index contributed by atoms with van der Waals surface area (Å²) in [6, 6.07) is 13.7. The SMILES string of the molecule is CS(=O)(=O)NCCNCc1ccc(-c2ccccc2)o1. The van der Waals surface area contributed by atoms with Gasteiger partial charge in [-0.2, -0.15) is 0 Å². The van der Waals surface area contributed by atoms with E-state index < -0.39 is 10.0 Å². The lowest BCUT2D eigenvalue weighted by atomic mass is 10.2. The van der Waals surface area contributed by atoms with Crippen molar-refractivity contribution >= 4 is 10.0 Å². The van der Waals surface area contributed by atoms with E-state index in [9.17, 15) is 8.42 Å². The lowest BCUT2D eigenvalue weighted by molar-refractivity contribution is 0.494. The molecule has 0 unspecified atom stereocenters. The van der Waals surface area contributed by atoms with Crippen molar-refractivity contribution in [3.05, 3.63) is 48.2 Å². The maximum Gasteiger partial charge on any atom is 0.208 e. The molecule has 2 N–H and O–H groups in total. The minimum atomic E-state index is -3.11. The van der Waals surface area contributed by atoms with Crippen molar-refractivity contribution in [1.29, 1.82) is 0 Å². The van der Waals surface area contributed by atoms with Crippen molar-refractivity contribution in [3.63, 3.8) is 0 Å². The zero-order valence-electron chi connectivity index (χ0n) is 11.3. The average Bonchev–Trinajstić information content (AvgIpc) is 2.87. The predicted octanol–water partition coefficient (Wildman–Crippen LogP) is 1.59. The molecular weight excluding hydrogens is 276 g/mol. The fourth-order valence-electron chi connectivity index (χ4n) is 1.77. The average molecular weight is 294 g/mol. The molecule has 2 rings (SSSR count). The summed E-state index contributed by atoms with van der Waals surface area (Å²) in [5, 5.41) is 3.12. The van der Waals surface area contributed by atoms with Crippen molar-refractivity contribution in [2.45, 2.75) is 6.54 Å². The summed E-state index contributed by atoms with van der Waals surface area (Å²) in [5.41, 5.74) is 1.04. The van der Waals surface area contributed by atoms with Crippen molar-refractivity contribution in [3.8, 4) is 11.3 Å². The van der Waals surface area contributed by atoms with Gasteiger partial charge in [-0.3, -0.25) is 0 Å². The molecule has 0 amide bonds. The first-order chi connectivity index (χ1) is 9.54. The van der Waals surface area contributed by atoms with Gasteiger partial charge in [-0.25, -0.2) is 13.1 Å². The minimum Gasteiger partial charge on any atom is -0.460 e. The van der Waals surface area contributed by atoms with Crippen LogP contribution in [0.4, 0.5) is 0 Å². The maximum absolute atomic E-state index is 10.9. The molecular formula is C14H18N2O3S. The summed E-state index contributed by atoms with van der Waals surface area (Å²) >= 11 is 0. The quantitative estimate of drug-likeness (QED) is 0.761. The Morgan fingerprint density at radius 2 is 1.80 bits per heavy atom. The largest absolute Gasteiger partial charge is 0.460 e. The van der Waals surface area contributed by atoms with Crippen molar-refractivity contribution < 1.29 is 12.8 Å². The molecule has 20 heavy (non-hydrogen) atoms. The Morgan fingerprint density at radius 3 is 2.50 bits per heavy atom. The number of nitrogens with one attached hydrogen (secondary N) is 2. The van der Waals surface area contributed by atoms with Gasteiger partial charge in [0.1, 0.15) is 11.5 Å². The van der Waals surface area contributed by atoms with Gasteiger partial charge in [-0.05, 0) is 12.1 Å². The van der Waals surface area contributed by atoms with Gasteiger partial charge < -0.3 is 9.73 Å². The fourth-order valence-corrected chi connectivity index (χ4v) is 2.24. The number of rotatable bonds is 7. The Balaban J connectivity index is 1.79. The molecule has 1 aromatic heterocycles. The number of sulfonamides is 1. The van der Waals surface area contributed by atoms with Gasteiger partial charge in [0.2, 0.25) is 10.0 Å². The zero-order chi connectivity index (χ0) is 14.4. The third-order valence-corrected chi connectivity index (χ3v) is 3.41. The second-order valence-electron chi connectivity index (χ2n) is 4.48. The summed E-state index contributed by atoms with van der Waals surface area (Å²) in [7, 11) is -3.11.